The van der Waals surface area contributed by atoms with Gasteiger partial charge in [0.15, 0.2) is 0 Å². The first-order valence-corrected chi connectivity index (χ1v) is 7.95. The van der Waals surface area contributed by atoms with Crippen molar-refractivity contribution in [3.63, 3.8) is 0 Å². The second kappa shape index (κ2) is 7.07. The van der Waals surface area contributed by atoms with Crippen LogP contribution < -0.4 is 15.5 Å². The molecule has 8 heteroatoms. The van der Waals surface area contributed by atoms with Crippen LogP contribution in [0.1, 0.15) is 12.0 Å². The highest BCUT2D eigenvalue weighted by Crippen LogP contribution is 2.24. The van der Waals surface area contributed by atoms with E-state index in [1.54, 1.807) is 13.0 Å². The minimum absolute atomic E-state index is 0.194. The first-order valence-electron chi connectivity index (χ1n) is 7.95. The van der Waals surface area contributed by atoms with E-state index >= 15 is 0 Å². The molecule has 0 spiro atoms. The summed E-state index contributed by atoms with van der Waals surface area (Å²) in [7, 11) is 0. The zero-order valence-electron chi connectivity index (χ0n) is 13.9. The topological polar surface area (TPSA) is 61.4 Å². The molecule has 2 aromatic rings. The third kappa shape index (κ3) is 3.63. The third-order valence-electron chi connectivity index (χ3n) is 4.14. The summed E-state index contributed by atoms with van der Waals surface area (Å²) in [4.78, 5) is 25.9. The molecule has 0 unspecified atom stereocenters. The summed E-state index contributed by atoms with van der Waals surface area (Å²) < 4.78 is 39.8. The number of hydrogen-bond donors (Lipinski definition) is 2. The van der Waals surface area contributed by atoms with Crippen LogP contribution in [0.15, 0.2) is 36.4 Å². The number of carbonyl (C=O) groups excluding carboxylic acids is 2. The molecule has 26 heavy (non-hydrogen) atoms. The minimum Gasteiger partial charge on any atom is -0.326 e. The number of nitrogens with zero attached hydrogens (tertiary/aromatic N) is 1. The monoisotopic (exact) mass is 363 g/mol. The lowest BCUT2D eigenvalue weighted by molar-refractivity contribution is -0.118. The van der Waals surface area contributed by atoms with Crippen LogP contribution in [0.2, 0.25) is 0 Å². The lowest BCUT2D eigenvalue weighted by atomic mass is 10.2. The Morgan fingerprint density at radius 3 is 2.58 bits per heavy atom. The highest BCUT2D eigenvalue weighted by atomic mass is 19.1. The van der Waals surface area contributed by atoms with Crippen molar-refractivity contribution in [3.05, 3.63) is 59.4 Å². The molecule has 136 valence electrons. The maximum atomic E-state index is 13.6. The van der Waals surface area contributed by atoms with Gasteiger partial charge in [-0.1, -0.05) is 0 Å². The van der Waals surface area contributed by atoms with Gasteiger partial charge in [0, 0.05) is 18.3 Å². The smallest absolute Gasteiger partial charge is 0.319 e. The lowest BCUT2D eigenvalue weighted by Crippen LogP contribution is -2.43. The second-order valence-electron chi connectivity index (χ2n) is 5.99. The van der Waals surface area contributed by atoms with Crippen LogP contribution in [0.25, 0.3) is 0 Å². The molecule has 0 radical (unpaired) electrons. The van der Waals surface area contributed by atoms with Gasteiger partial charge >= 0.3 is 6.03 Å². The largest absolute Gasteiger partial charge is 0.326 e. The Morgan fingerprint density at radius 1 is 1.12 bits per heavy atom. The van der Waals surface area contributed by atoms with Gasteiger partial charge in [0.2, 0.25) is 5.91 Å². The number of halogens is 3. The summed E-state index contributed by atoms with van der Waals surface area (Å²) in [5.74, 6) is -2.38. The fourth-order valence-corrected chi connectivity index (χ4v) is 2.77. The summed E-state index contributed by atoms with van der Waals surface area (Å²) >= 11 is 0. The van der Waals surface area contributed by atoms with Crippen LogP contribution in [0, 0.1) is 24.4 Å². The molecule has 3 amide bonds. The van der Waals surface area contributed by atoms with E-state index in [1.807, 2.05) is 0 Å². The number of rotatable bonds is 3. The number of anilines is 2. The molecule has 1 saturated heterocycles. The minimum atomic E-state index is -0.915. The zero-order valence-corrected chi connectivity index (χ0v) is 13.9. The van der Waals surface area contributed by atoms with Crippen LogP contribution in [-0.4, -0.2) is 24.5 Å². The van der Waals surface area contributed by atoms with E-state index in [4.69, 9.17) is 0 Å². The fraction of sp³-hybridized carbons (Fsp3) is 0.222. The van der Waals surface area contributed by atoms with Crippen LogP contribution in [0.3, 0.4) is 0 Å². The molecular formula is C18H16F3N3O2. The molecule has 1 aliphatic rings. The zero-order chi connectivity index (χ0) is 18.8. The van der Waals surface area contributed by atoms with Crippen LogP contribution in [-0.2, 0) is 4.79 Å². The number of aryl methyl sites for hydroxylation is 1. The molecule has 5 nitrogen and oxygen atoms in total. The number of nitrogens with one attached hydrogen (secondary N) is 2. The van der Waals surface area contributed by atoms with Crippen molar-refractivity contribution in [3.8, 4) is 0 Å². The Bertz CT molecular complexity index is 873. The van der Waals surface area contributed by atoms with E-state index in [-0.39, 0.29) is 17.4 Å². The van der Waals surface area contributed by atoms with Gasteiger partial charge in [-0.3, -0.25) is 4.79 Å². The Kier molecular flexibility index (Phi) is 4.83. The van der Waals surface area contributed by atoms with Crippen molar-refractivity contribution in [2.45, 2.75) is 19.4 Å². The molecule has 2 aromatic carbocycles. The molecule has 0 bridgehead atoms. The number of hydrogen-bond acceptors (Lipinski definition) is 2. The van der Waals surface area contributed by atoms with Gasteiger partial charge in [-0.25, -0.2) is 18.0 Å². The van der Waals surface area contributed by atoms with Crippen molar-refractivity contribution < 1.29 is 22.8 Å². The first-order chi connectivity index (χ1) is 12.3. The molecular weight excluding hydrogens is 347 g/mol. The third-order valence-corrected chi connectivity index (χ3v) is 4.14. The van der Waals surface area contributed by atoms with Gasteiger partial charge in [0.05, 0.1) is 5.69 Å². The number of amides is 3. The van der Waals surface area contributed by atoms with E-state index in [0.29, 0.717) is 30.3 Å². The van der Waals surface area contributed by atoms with Gasteiger partial charge in [0.1, 0.15) is 23.5 Å². The predicted octanol–water partition coefficient (Wildman–Crippen LogP) is 3.34. The van der Waals surface area contributed by atoms with Crippen LogP contribution >= 0.6 is 0 Å². The maximum Gasteiger partial charge on any atom is 0.319 e. The van der Waals surface area contributed by atoms with Crippen molar-refractivity contribution in [1.29, 1.82) is 0 Å². The molecule has 0 aliphatic carbocycles. The first kappa shape index (κ1) is 17.8. The molecule has 1 fully saturated rings. The summed E-state index contributed by atoms with van der Waals surface area (Å²) in [6, 6.07) is 5.53. The van der Waals surface area contributed by atoms with Crippen molar-refractivity contribution in [2.24, 2.45) is 0 Å². The van der Waals surface area contributed by atoms with Gasteiger partial charge in [-0.15, -0.1) is 0 Å². The highest BCUT2D eigenvalue weighted by Gasteiger charge is 2.33. The van der Waals surface area contributed by atoms with Crippen LogP contribution in [0.5, 0.6) is 0 Å². The van der Waals surface area contributed by atoms with E-state index in [9.17, 15) is 22.8 Å². The van der Waals surface area contributed by atoms with E-state index in [2.05, 4.69) is 10.6 Å². The summed E-state index contributed by atoms with van der Waals surface area (Å²) in [6.07, 6.45) is 0.356. The van der Waals surface area contributed by atoms with Gasteiger partial charge in [-0.2, -0.15) is 0 Å². The summed E-state index contributed by atoms with van der Waals surface area (Å²) in [6.45, 7) is 1.96. The maximum absolute atomic E-state index is 13.6. The number of benzene rings is 2. The predicted molar refractivity (Wildman–Crippen MR) is 90.4 cm³/mol. The molecule has 2 N–H and O–H groups in total. The molecule has 0 aromatic heterocycles. The van der Waals surface area contributed by atoms with E-state index in [0.717, 1.165) is 12.1 Å². The molecule has 3 rings (SSSR count). The SMILES string of the molecule is Cc1cc(N2CC[C@@H](NC(=O)Nc3ccc(F)cc3F)C2=O)ccc1F. The average molecular weight is 363 g/mol. The summed E-state index contributed by atoms with van der Waals surface area (Å²) in [5.41, 5.74) is 0.764. The Balaban J connectivity index is 1.64. The Hall–Kier alpha value is -3.03. The molecule has 0 saturated carbocycles. The molecule has 1 atom stereocenters. The number of urea groups is 1. The highest BCUT2D eigenvalue weighted by molar-refractivity contribution is 6.02. The lowest BCUT2D eigenvalue weighted by Gasteiger charge is -2.18. The standard InChI is InChI=1S/C18H16F3N3O2/c1-10-8-12(3-4-13(10)20)24-7-6-16(17(24)25)23-18(26)22-15-5-2-11(19)9-14(15)21/h2-5,8-9,16H,6-7H2,1H3,(H2,22,23,26)/t16-/m1/s1. The van der Waals surface area contributed by atoms with Gasteiger partial charge in [-0.05, 0) is 49.2 Å². The van der Waals surface area contributed by atoms with Gasteiger partial charge in [0.25, 0.3) is 0 Å². The quantitative estimate of drug-likeness (QED) is 0.879. The van der Waals surface area contributed by atoms with Crippen molar-refractivity contribution in [1.82, 2.24) is 5.32 Å². The van der Waals surface area contributed by atoms with E-state index in [1.165, 1.54) is 17.0 Å². The molecule has 1 heterocycles. The Morgan fingerprint density at radius 2 is 1.88 bits per heavy atom. The Labute approximate surface area is 147 Å². The van der Waals surface area contributed by atoms with E-state index < -0.39 is 23.7 Å². The van der Waals surface area contributed by atoms with Crippen molar-refractivity contribution in [2.75, 3.05) is 16.8 Å². The number of carbonyl (C=O) groups is 2. The second-order valence-corrected chi connectivity index (χ2v) is 5.99. The van der Waals surface area contributed by atoms with Crippen LogP contribution in [0.4, 0.5) is 29.3 Å². The normalized spacial score (nSPS) is 16.7. The van der Waals surface area contributed by atoms with Gasteiger partial charge < -0.3 is 15.5 Å². The average Bonchev–Trinajstić information content (AvgIpc) is 2.93. The fourth-order valence-electron chi connectivity index (χ4n) is 2.77. The molecule has 1 aliphatic heterocycles. The summed E-state index contributed by atoms with van der Waals surface area (Å²) in [5, 5.41) is 4.71. The van der Waals surface area contributed by atoms with Crippen molar-refractivity contribution >= 4 is 23.3 Å².